The molecule has 3 heteroatoms. The molecule has 2 atom stereocenters. The van der Waals surface area contributed by atoms with E-state index >= 15 is 0 Å². The van der Waals surface area contributed by atoms with Gasteiger partial charge < -0.3 is 9.47 Å². The summed E-state index contributed by atoms with van der Waals surface area (Å²) in [7, 11) is 0. The molecule has 0 saturated carbocycles. The first-order valence-corrected chi connectivity index (χ1v) is 6.99. The summed E-state index contributed by atoms with van der Waals surface area (Å²) in [6.45, 7) is 0.611. The molecule has 1 aliphatic rings. The molecule has 18 heavy (non-hydrogen) atoms. The zero-order valence-electron chi connectivity index (χ0n) is 9.75. The monoisotopic (exact) mass is 352 g/mol. The molecule has 2 nitrogen and oxygen atoms in total. The molecule has 1 aliphatic heterocycles. The Labute approximate surface area is 120 Å². The first-order valence-electron chi connectivity index (χ1n) is 5.91. The highest BCUT2D eigenvalue weighted by atomic mass is 127. The molecule has 3 rings (SSSR count). The lowest BCUT2D eigenvalue weighted by Crippen LogP contribution is -2.02. The third-order valence-corrected chi connectivity index (χ3v) is 3.99. The Morgan fingerprint density at radius 1 is 0.944 bits per heavy atom. The van der Waals surface area contributed by atoms with Gasteiger partial charge in [0.25, 0.3) is 0 Å². The maximum atomic E-state index is 5.99. The Kier molecular flexibility index (Phi) is 3.63. The van der Waals surface area contributed by atoms with Crippen LogP contribution in [0.3, 0.4) is 0 Å². The van der Waals surface area contributed by atoms with Crippen LogP contribution in [0.15, 0.2) is 54.6 Å². The van der Waals surface area contributed by atoms with Crippen molar-refractivity contribution in [2.24, 2.45) is 0 Å². The summed E-state index contributed by atoms with van der Waals surface area (Å²) >= 11 is 2.34. The van der Waals surface area contributed by atoms with Gasteiger partial charge in [-0.1, -0.05) is 48.5 Å². The van der Waals surface area contributed by atoms with Crippen LogP contribution in [0.2, 0.25) is 0 Å². The van der Waals surface area contributed by atoms with E-state index in [0.29, 0.717) is 6.61 Å². The molecule has 0 aliphatic carbocycles. The van der Waals surface area contributed by atoms with E-state index in [1.54, 1.807) is 0 Å². The lowest BCUT2D eigenvalue weighted by molar-refractivity contribution is -0.0608. The molecule has 2 aromatic carbocycles. The number of hydrogen-bond acceptors (Lipinski definition) is 2. The molecule has 92 valence electrons. The van der Waals surface area contributed by atoms with E-state index < -0.39 is 0 Å². The predicted molar refractivity (Wildman–Crippen MR) is 78.1 cm³/mol. The van der Waals surface area contributed by atoms with Crippen LogP contribution in [0.1, 0.15) is 23.5 Å². The number of rotatable bonds is 2. The van der Waals surface area contributed by atoms with Gasteiger partial charge in [-0.15, -0.1) is 0 Å². The van der Waals surface area contributed by atoms with Crippen LogP contribution in [0, 0.1) is 3.57 Å². The number of halogens is 1. The van der Waals surface area contributed by atoms with Crippen LogP contribution in [0.5, 0.6) is 0 Å². The van der Waals surface area contributed by atoms with Crippen molar-refractivity contribution in [2.75, 3.05) is 6.61 Å². The summed E-state index contributed by atoms with van der Waals surface area (Å²) in [5.74, 6) is 0. The van der Waals surface area contributed by atoms with Gasteiger partial charge in [0, 0.05) is 9.13 Å². The lowest BCUT2D eigenvalue weighted by Gasteiger charge is -2.13. The summed E-state index contributed by atoms with van der Waals surface area (Å²) in [4.78, 5) is 0. The molecule has 0 amide bonds. The zero-order chi connectivity index (χ0) is 12.4. The molecule has 2 aromatic rings. The smallest absolute Gasteiger partial charge is 0.184 e. The molecular formula is C15H13IO2. The van der Waals surface area contributed by atoms with Crippen molar-refractivity contribution < 1.29 is 9.47 Å². The molecule has 0 spiro atoms. The summed E-state index contributed by atoms with van der Waals surface area (Å²) in [6, 6.07) is 18.3. The SMILES string of the molecule is Ic1ccccc1C1COC(c2ccccc2)O1. The summed E-state index contributed by atoms with van der Waals surface area (Å²) in [5.41, 5.74) is 2.28. The topological polar surface area (TPSA) is 18.5 Å². The predicted octanol–water partition coefficient (Wildman–Crippen LogP) is 4.08. The van der Waals surface area contributed by atoms with E-state index in [1.165, 1.54) is 9.13 Å². The van der Waals surface area contributed by atoms with Gasteiger partial charge in [-0.2, -0.15) is 0 Å². The van der Waals surface area contributed by atoms with Crippen LogP contribution in [-0.2, 0) is 9.47 Å². The maximum absolute atomic E-state index is 5.99. The van der Waals surface area contributed by atoms with Crippen molar-refractivity contribution in [1.29, 1.82) is 0 Å². The zero-order valence-corrected chi connectivity index (χ0v) is 11.9. The minimum absolute atomic E-state index is 0.0308. The number of benzene rings is 2. The van der Waals surface area contributed by atoms with E-state index in [0.717, 1.165) is 5.56 Å². The van der Waals surface area contributed by atoms with Crippen LogP contribution in [0.25, 0.3) is 0 Å². The Hall–Kier alpha value is -0.910. The van der Waals surface area contributed by atoms with Gasteiger partial charge in [-0.25, -0.2) is 0 Å². The van der Waals surface area contributed by atoms with Crippen molar-refractivity contribution in [1.82, 2.24) is 0 Å². The molecule has 0 N–H and O–H groups in total. The molecule has 1 fully saturated rings. The standard InChI is InChI=1S/C15H13IO2/c16-13-9-5-4-8-12(13)14-10-17-15(18-14)11-6-2-1-3-7-11/h1-9,14-15H,10H2. The fraction of sp³-hybridized carbons (Fsp3) is 0.200. The first-order chi connectivity index (χ1) is 8.84. The average Bonchev–Trinajstić information content (AvgIpc) is 2.90. The second kappa shape index (κ2) is 5.38. The third kappa shape index (κ3) is 2.43. The van der Waals surface area contributed by atoms with E-state index in [9.17, 15) is 0 Å². The molecule has 0 aromatic heterocycles. The number of ether oxygens (including phenoxy) is 2. The minimum atomic E-state index is -0.243. The van der Waals surface area contributed by atoms with Crippen molar-refractivity contribution in [3.05, 3.63) is 69.3 Å². The Morgan fingerprint density at radius 3 is 2.44 bits per heavy atom. The van der Waals surface area contributed by atoms with Crippen molar-refractivity contribution >= 4 is 22.6 Å². The Bertz CT molecular complexity index is 527. The second-order valence-corrected chi connectivity index (χ2v) is 5.38. The summed E-state index contributed by atoms with van der Waals surface area (Å²) < 4.78 is 12.9. The Morgan fingerprint density at radius 2 is 1.67 bits per heavy atom. The Balaban J connectivity index is 1.78. The van der Waals surface area contributed by atoms with Crippen molar-refractivity contribution in [2.45, 2.75) is 12.4 Å². The van der Waals surface area contributed by atoms with Crippen LogP contribution >= 0.6 is 22.6 Å². The maximum Gasteiger partial charge on any atom is 0.184 e. The van der Waals surface area contributed by atoms with Gasteiger partial charge in [0.15, 0.2) is 6.29 Å². The number of hydrogen-bond donors (Lipinski definition) is 0. The molecule has 2 unspecified atom stereocenters. The van der Waals surface area contributed by atoms with E-state index in [-0.39, 0.29) is 12.4 Å². The molecular weight excluding hydrogens is 339 g/mol. The van der Waals surface area contributed by atoms with Crippen LogP contribution < -0.4 is 0 Å². The minimum Gasteiger partial charge on any atom is -0.345 e. The van der Waals surface area contributed by atoms with E-state index in [2.05, 4.69) is 34.7 Å². The first kappa shape index (κ1) is 12.1. The van der Waals surface area contributed by atoms with E-state index in [1.807, 2.05) is 42.5 Å². The van der Waals surface area contributed by atoms with E-state index in [4.69, 9.17) is 9.47 Å². The quantitative estimate of drug-likeness (QED) is 0.759. The molecule has 0 bridgehead atoms. The van der Waals surface area contributed by atoms with Crippen LogP contribution in [-0.4, -0.2) is 6.61 Å². The highest BCUT2D eigenvalue weighted by molar-refractivity contribution is 14.1. The summed E-state index contributed by atoms with van der Waals surface area (Å²) in [6.07, 6.45) is -0.212. The summed E-state index contributed by atoms with van der Waals surface area (Å²) in [5, 5.41) is 0. The van der Waals surface area contributed by atoms with Gasteiger partial charge in [0.05, 0.1) is 6.61 Å². The highest BCUT2D eigenvalue weighted by Gasteiger charge is 2.29. The third-order valence-electron chi connectivity index (χ3n) is 3.01. The second-order valence-electron chi connectivity index (χ2n) is 4.22. The molecule has 1 heterocycles. The lowest BCUT2D eigenvalue weighted by atomic mass is 10.1. The average molecular weight is 352 g/mol. The van der Waals surface area contributed by atoms with Gasteiger partial charge in [0.1, 0.15) is 6.10 Å². The van der Waals surface area contributed by atoms with Gasteiger partial charge >= 0.3 is 0 Å². The molecule has 0 radical (unpaired) electrons. The largest absolute Gasteiger partial charge is 0.345 e. The van der Waals surface area contributed by atoms with Gasteiger partial charge in [0.2, 0.25) is 0 Å². The fourth-order valence-corrected chi connectivity index (χ4v) is 2.82. The normalized spacial score (nSPS) is 23.2. The molecule has 1 saturated heterocycles. The van der Waals surface area contributed by atoms with Crippen LogP contribution in [0.4, 0.5) is 0 Å². The highest BCUT2D eigenvalue weighted by Crippen LogP contribution is 2.36. The van der Waals surface area contributed by atoms with Gasteiger partial charge in [-0.3, -0.25) is 0 Å². The fourth-order valence-electron chi connectivity index (χ4n) is 2.09. The van der Waals surface area contributed by atoms with Crippen molar-refractivity contribution in [3.8, 4) is 0 Å². The van der Waals surface area contributed by atoms with Gasteiger partial charge in [-0.05, 0) is 34.2 Å². The van der Waals surface area contributed by atoms with Crippen molar-refractivity contribution in [3.63, 3.8) is 0 Å².